The quantitative estimate of drug-likeness (QED) is 0.688. The highest BCUT2D eigenvalue weighted by Crippen LogP contribution is 2.33. The van der Waals surface area contributed by atoms with E-state index >= 15 is 0 Å². The normalized spacial score (nSPS) is 10.5. The highest BCUT2D eigenvalue weighted by Gasteiger charge is 2.17. The van der Waals surface area contributed by atoms with Gasteiger partial charge in [0.2, 0.25) is 5.88 Å². The van der Waals surface area contributed by atoms with E-state index in [0.29, 0.717) is 22.9 Å². The van der Waals surface area contributed by atoms with E-state index in [-0.39, 0.29) is 0 Å². The van der Waals surface area contributed by atoms with Crippen LogP contribution in [0.3, 0.4) is 0 Å². The molecule has 0 bridgehead atoms. The van der Waals surface area contributed by atoms with Crippen LogP contribution < -0.4 is 9.47 Å². The Morgan fingerprint density at radius 2 is 2.05 bits per heavy atom. The molecule has 0 N–H and O–H groups in total. The first-order valence-corrected chi connectivity index (χ1v) is 7.23. The highest BCUT2D eigenvalue weighted by molar-refractivity contribution is 7.16. The Morgan fingerprint density at radius 3 is 2.82 bits per heavy atom. The second-order valence-electron chi connectivity index (χ2n) is 4.27. The van der Waals surface area contributed by atoms with Gasteiger partial charge in [0.1, 0.15) is 28.2 Å². The van der Waals surface area contributed by atoms with Crippen molar-refractivity contribution < 1.29 is 19.0 Å². The maximum atomic E-state index is 11.9. The van der Waals surface area contributed by atoms with Crippen LogP contribution in [0.4, 0.5) is 0 Å². The molecule has 0 unspecified atom stereocenters. The Morgan fingerprint density at radius 1 is 1.18 bits per heavy atom. The summed E-state index contributed by atoms with van der Waals surface area (Å²) in [6.45, 7) is 0. The van der Waals surface area contributed by atoms with Crippen LogP contribution in [-0.2, 0) is 4.74 Å². The third-order valence-corrected chi connectivity index (χ3v) is 3.85. The summed E-state index contributed by atoms with van der Waals surface area (Å²) >= 11 is 1.49. The second-order valence-corrected chi connectivity index (χ2v) is 5.17. The lowest BCUT2D eigenvalue weighted by molar-refractivity contribution is 0.0598. The van der Waals surface area contributed by atoms with Crippen LogP contribution in [0.2, 0.25) is 0 Å². The van der Waals surface area contributed by atoms with Gasteiger partial charge in [-0.25, -0.2) is 14.8 Å². The molecular weight excluding hydrogens is 304 g/mol. The van der Waals surface area contributed by atoms with E-state index in [1.165, 1.54) is 24.8 Å². The van der Waals surface area contributed by atoms with Gasteiger partial charge in [0.15, 0.2) is 0 Å². The minimum atomic E-state index is -0.492. The van der Waals surface area contributed by atoms with E-state index in [4.69, 9.17) is 14.2 Å². The average Bonchev–Trinajstić information content (AvgIpc) is 3.03. The first kappa shape index (κ1) is 14.3. The van der Waals surface area contributed by atoms with E-state index in [0.717, 1.165) is 10.2 Å². The monoisotopic (exact) mass is 316 g/mol. The van der Waals surface area contributed by atoms with Gasteiger partial charge in [-0.3, -0.25) is 0 Å². The van der Waals surface area contributed by atoms with Crippen LogP contribution in [0.1, 0.15) is 10.4 Å². The Bertz CT molecular complexity index is 831. The van der Waals surface area contributed by atoms with Crippen molar-refractivity contribution in [2.45, 2.75) is 0 Å². The molecule has 112 valence electrons. The number of ether oxygens (including phenoxy) is 3. The molecule has 2 heterocycles. The summed E-state index contributed by atoms with van der Waals surface area (Å²) in [7, 11) is 2.86. The summed E-state index contributed by atoms with van der Waals surface area (Å²) in [6.07, 6.45) is 1.42. The van der Waals surface area contributed by atoms with Gasteiger partial charge in [0.05, 0.1) is 19.6 Å². The van der Waals surface area contributed by atoms with E-state index in [1.807, 2.05) is 11.4 Å². The molecule has 7 heteroatoms. The zero-order chi connectivity index (χ0) is 15.5. The first-order chi connectivity index (χ1) is 10.7. The molecule has 6 nitrogen and oxygen atoms in total. The van der Waals surface area contributed by atoms with Gasteiger partial charge >= 0.3 is 5.97 Å². The molecule has 22 heavy (non-hydrogen) atoms. The van der Waals surface area contributed by atoms with Crippen LogP contribution in [0.25, 0.3) is 10.2 Å². The Kier molecular flexibility index (Phi) is 3.88. The van der Waals surface area contributed by atoms with Crippen molar-refractivity contribution in [1.29, 1.82) is 0 Å². The van der Waals surface area contributed by atoms with Gasteiger partial charge in [0, 0.05) is 6.07 Å². The number of fused-ring (bicyclic) bond motifs is 1. The minimum absolute atomic E-state index is 0.297. The molecule has 0 spiro atoms. The van der Waals surface area contributed by atoms with E-state index in [2.05, 4.69) is 9.97 Å². The van der Waals surface area contributed by atoms with E-state index in [1.54, 1.807) is 25.3 Å². The Hall–Kier alpha value is -2.67. The number of carbonyl (C=O) groups excluding carboxylic acids is 1. The summed E-state index contributed by atoms with van der Waals surface area (Å²) in [5.41, 5.74) is 0.297. The molecule has 0 saturated heterocycles. The van der Waals surface area contributed by atoms with Crippen molar-refractivity contribution in [2.75, 3.05) is 14.2 Å². The van der Waals surface area contributed by atoms with Crippen LogP contribution >= 0.6 is 11.3 Å². The topological polar surface area (TPSA) is 70.5 Å². The van der Waals surface area contributed by atoms with Crippen molar-refractivity contribution in [3.63, 3.8) is 0 Å². The van der Waals surface area contributed by atoms with Crippen molar-refractivity contribution in [3.8, 4) is 17.4 Å². The van der Waals surface area contributed by atoms with Crippen LogP contribution in [0, 0.1) is 0 Å². The molecule has 0 fully saturated rings. The van der Waals surface area contributed by atoms with Crippen molar-refractivity contribution in [1.82, 2.24) is 9.97 Å². The minimum Gasteiger partial charge on any atom is -0.497 e. The number of rotatable bonds is 4. The van der Waals surface area contributed by atoms with Gasteiger partial charge in [-0.15, -0.1) is 11.3 Å². The number of methoxy groups -OCH3 is 2. The molecule has 0 saturated carbocycles. The molecule has 0 aliphatic heterocycles. The van der Waals surface area contributed by atoms with Crippen molar-refractivity contribution >= 4 is 27.5 Å². The zero-order valence-electron chi connectivity index (χ0n) is 11.9. The molecule has 0 aliphatic rings. The maximum Gasteiger partial charge on any atom is 0.341 e. The highest BCUT2D eigenvalue weighted by atomic mass is 32.1. The summed E-state index contributed by atoms with van der Waals surface area (Å²) in [5, 5.41) is 2.69. The van der Waals surface area contributed by atoms with Crippen molar-refractivity contribution in [2.24, 2.45) is 0 Å². The molecular formula is C15H12N2O4S. The molecule has 1 aromatic carbocycles. The fourth-order valence-corrected chi connectivity index (χ4v) is 2.67. The number of nitrogens with zero attached hydrogens (tertiary/aromatic N) is 2. The lowest BCUT2D eigenvalue weighted by Gasteiger charge is -2.11. The van der Waals surface area contributed by atoms with E-state index < -0.39 is 5.97 Å². The standard InChI is InChI=1S/C15H12N2O4S/c1-19-9-3-4-10(15(18)20-2)12(7-9)21-13-11-5-6-22-14(11)17-8-16-13/h3-8H,1-2H3. The number of hydrogen-bond acceptors (Lipinski definition) is 7. The van der Waals surface area contributed by atoms with Crippen LogP contribution in [0.15, 0.2) is 36.0 Å². The largest absolute Gasteiger partial charge is 0.497 e. The van der Waals surface area contributed by atoms with Crippen LogP contribution in [0.5, 0.6) is 17.4 Å². The summed E-state index contributed by atoms with van der Waals surface area (Å²) < 4.78 is 15.8. The average molecular weight is 316 g/mol. The predicted octanol–water partition coefficient (Wildman–Crippen LogP) is 3.28. The number of carbonyl (C=O) groups is 1. The predicted molar refractivity (Wildman–Crippen MR) is 81.8 cm³/mol. The summed E-state index contributed by atoms with van der Waals surface area (Å²) in [5.74, 6) is 0.772. The van der Waals surface area contributed by atoms with Gasteiger partial charge in [0.25, 0.3) is 0 Å². The fraction of sp³-hybridized carbons (Fsp3) is 0.133. The molecule has 3 rings (SSSR count). The summed E-state index contributed by atoms with van der Waals surface area (Å²) in [4.78, 5) is 21.0. The van der Waals surface area contributed by atoms with Gasteiger partial charge in [-0.05, 0) is 23.6 Å². The fourth-order valence-electron chi connectivity index (χ4n) is 1.95. The lowest BCUT2D eigenvalue weighted by Crippen LogP contribution is -2.04. The molecule has 2 aromatic heterocycles. The first-order valence-electron chi connectivity index (χ1n) is 6.35. The third-order valence-electron chi connectivity index (χ3n) is 3.03. The molecule has 0 radical (unpaired) electrons. The lowest BCUT2D eigenvalue weighted by atomic mass is 10.2. The number of thiophene rings is 1. The number of benzene rings is 1. The Labute approximate surface area is 130 Å². The summed E-state index contributed by atoms with van der Waals surface area (Å²) in [6, 6.07) is 6.74. The molecule has 3 aromatic rings. The second kappa shape index (κ2) is 5.98. The van der Waals surface area contributed by atoms with E-state index in [9.17, 15) is 4.79 Å². The molecule has 0 aliphatic carbocycles. The third kappa shape index (κ3) is 2.58. The van der Waals surface area contributed by atoms with Crippen molar-refractivity contribution in [3.05, 3.63) is 41.5 Å². The van der Waals surface area contributed by atoms with Gasteiger partial charge in [-0.2, -0.15) is 0 Å². The Balaban J connectivity index is 2.07. The maximum absolute atomic E-state index is 11.9. The number of aromatic nitrogens is 2. The number of hydrogen-bond donors (Lipinski definition) is 0. The van der Waals surface area contributed by atoms with Crippen LogP contribution in [-0.4, -0.2) is 30.2 Å². The smallest absolute Gasteiger partial charge is 0.341 e. The molecule has 0 atom stereocenters. The number of esters is 1. The van der Waals surface area contributed by atoms with Gasteiger partial charge in [-0.1, -0.05) is 0 Å². The van der Waals surface area contributed by atoms with Gasteiger partial charge < -0.3 is 14.2 Å². The molecule has 0 amide bonds. The zero-order valence-corrected chi connectivity index (χ0v) is 12.7. The SMILES string of the molecule is COC(=O)c1ccc(OC)cc1Oc1ncnc2sccc12.